The fraction of sp³-hybridized carbons (Fsp3) is 0.296. The van der Waals surface area contributed by atoms with Gasteiger partial charge >= 0.3 is 12.4 Å². The van der Waals surface area contributed by atoms with Gasteiger partial charge in [-0.1, -0.05) is 49.7 Å². The average Bonchev–Trinajstić information content (AvgIpc) is 3.17. The van der Waals surface area contributed by atoms with Crippen molar-refractivity contribution in [2.75, 3.05) is 0 Å². The quantitative estimate of drug-likeness (QED) is 0.259. The second kappa shape index (κ2) is 10.2. The average molecular weight is 571 g/mol. The third kappa shape index (κ3) is 5.21. The maximum atomic E-state index is 13.9. The number of halogens is 6. The van der Waals surface area contributed by atoms with E-state index < -0.39 is 49.9 Å². The third-order valence-electron chi connectivity index (χ3n) is 6.25. The summed E-state index contributed by atoms with van der Waals surface area (Å²) < 4.78 is 111. The second-order valence-corrected chi connectivity index (χ2v) is 11.2. The molecule has 0 spiro atoms. The first kappa shape index (κ1) is 30.0. The summed E-state index contributed by atoms with van der Waals surface area (Å²) in [5.74, 6) is -0.471. The zero-order chi connectivity index (χ0) is 29.6. The summed E-state index contributed by atoms with van der Waals surface area (Å²) in [5, 5.41) is 19.9. The number of nitriles is 1. The molecule has 0 fully saturated rings. The minimum absolute atomic E-state index is 0.0393. The van der Waals surface area contributed by atoms with Crippen LogP contribution < -0.4 is 0 Å². The first-order chi connectivity index (χ1) is 17.9. The van der Waals surface area contributed by atoms with Gasteiger partial charge in [0.05, 0.1) is 10.6 Å². The zero-order valence-corrected chi connectivity index (χ0v) is 22.0. The molecule has 0 bridgehead atoms. The van der Waals surface area contributed by atoms with Crippen LogP contribution in [0.15, 0.2) is 64.4 Å². The lowest BCUT2D eigenvalue weighted by Crippen LogP contribution is -2.54. The molecule has 0 saturated carbocycles. The highest BCUT2D eigenvalue weighted by Crippen LogP contribution is 2.52. The predicted octanol–water partition coefficient (Wildman–Crippen LogP) is 6.87. The molecule has 5 nitrogen and oxygen atoms in total. The standard InChI is InChI=1S/C27H24F6N2O3S/c1-16(2)24-14-19(13-21(15-34)39(37,38)20-8-6-5-7-9-20)18(4)35(24)23-11-10-17(3)12-22(23)25(36,26(28,29)30)27(31,32)33/h5-14,16,36H,1-4H3/b21-13+. The van der Waals surface area contributed by atoms with E-state index >= 15 is 0 Å². The highest BCUT2D eigenvalue weighted by molar-refractivity contribution is 7.95. The molecule has 0 aliphatic carbocycles. The summed E-state index contributed by atoms with van der Waals surface area (Å²) in [5.41, 5.74) is -6.81. The minimum atomic E-state index is -6.12. The number of hydrogen-bond acceptors (Lipinski definition) is 4. The molecule has 39 heavy (non-hydrogen) atoms. The fourth-order valence-electron chi connectivity index (χ4n) is 4.18. The molecule has 0 amide bonds. The van der Waals surface area contributed by atoms with Gasteiger partial charge in [-0.2, -0.15) is 31.6 Å². The lowest BCUT2D eigenvalue weighted by Gasteiger charge is -2.35. The van der Waals surface area contributed by atoms with E-state index in [2.05, 4.69) is 0 Å². The normalized spacial score (nSPS) is 13.6. The summed E-state index contributed by atoms with van der Waals surface area (Å²) in [6, 6.07) is 13.0. The second-order valence-electron chi connectivity index (χ2n) is 9.26. The van der Waals surface area contributed by atoms with Crippen molar-refractivity contribution in [2.45, 2.75) is 56.5 Å². The van der Waals surface area contributed by atoms with E-state index in [0.29, 0.717) is 6.07 Å². The van der Waals surface area contributed by atoms with Crippen molar-refractivity contribution in [1.29, 1.82) is 5.26 Å². The van der Waals surface area contributed by atoms with Gasteiger partial charge in [0.1, 0.15) is 11.0 Å². The number of sulfone groups is 1. The van der Waals surface area contributed by atoms with Crippen LogP contribution in [-0.2, 0) is 15.4 Å². The van der Waals surface area contributed by atoms with E-state index in [-0.39, 0.29) is 27.4 Å². The smallest absolute Gasteiger partial charge is 0.369 e. The molecule has 1 N–H and O–H groups in total. The first-order valence-electron chi connectivity index (χ1n) is 11.5. The molecule has 0 atom stereocenters. The van der Waals surface area contributed by atoms with Crippen molar-refractivity contribution in [3.63, 3.8) is 0 Å². The Morgan fingerprint density at radius 2 is 1.54 bits per heavy atom. The SMILES string of the molecule is Cc1ccc(-n2c(C(C)C)cc(/C=C(\C#N)S(=O)(=O)c3ccccc3)c2C)c(C(O)(C(F)(F)F)C(F)(F)F)c1. The number of allylic oxidation sites excluding steroid dienone is 1. The van der Waals surface area contributed by atoms with Gasteiger partial charge < -0.3 is 9.67 Å². The van der Waals surface area contributed by atoms with Crippen molar-refractivity contribution in [2.24, 2.45) is 0 Å². The Labute approximate surface area is 221 Å². The Morgan fingerprint density at radius 1 is 0.974 bits per heavy atom. The number of benzene rings is 2. The van der Waals surface area contributed by atoms with Crippen molar-refractivity contribution in [3.05, 3.63) is 87.6 Å². The Bertz CT molecular complexity index is 1550. The van der Waals surface area contributed by atoms with E-state index in [1.165, 1.54) is 50.2 Å². The van der Waals surface area contributed by atoms with Gasteiger partial charge in [-0.25, -0.2) is 8.42 Å². The van der Waals surface area contributed by atoms with Crippen LogP contribution in [0.5, 0.6) is 0 Å². The van der Waals surface area contributed by atoms with Crippen LogP contribution in [0.25, 0.3) is 11.8 Å². The van der Waals surface area contributed by atoms with Crippen LogP contribution in [0.2, 0.25) is 0 Å². The van der Waals surface area contributed by atoms with Crippen LogP contribution in [0.3, 0.4) is 0 Å². The van der Waals surface area contributed by atoms with E-state index in [1.807, 2.05) is 0 Å². The Kier molecular flexibility index (Phi) is 7.84. The number of nitrogens with zero attached hydrogens (tertiary/aromatic N) is 2. The van der Waals surface area contributed by atoms with Crippen LogP contribution in [0.1, 0.15) is 47.8 Å². The molecule has 208 valence electrons. The van der Waals surface area contributed by atoms with Crippen molar-refractivity contribution in [3.8, 4) is 11.8 Å². The van der Waals surface area contributed by atoms with E-state index in [4.69, 9.17) is 0 Å². The maximum Gasteiger partial charge on any atom is 0.430 e. The molecule has 0 radical (unpaired) electrons. The maximum absolute atomic E-state index is 13.9. The molecular weight excluding hydrogens is 546 g/mol. The number of hydrogen-bond donors (Lipinski definition) is 1. The summed E-state index contributed by atoms with van der Waals surface area (Å²) in [4.78, 5) is -0.837. The molecule has 0 aliphatic heterocycles. The molecule has 3 aromatic rings. The molecule has 12 heteroatoms. The van der Waals surface area contributed by atoms with E-state index in [0.717, 1.165) is 16.7 Å². The third-order valence-corrected chi connectivity index (χ3v) is 7.93. The molecule has 0 aliphatic rings. The summed E-state index contributed by atoms with van der Waals surface area (Å²) in [6.45, 7) is 5.93. The van der Waals surface area contributed by atoms with Gasteiger partial charge in [0.25, 0.3) is 5.60 Å². The van der Waals surface area contributed by atoms with Crippen LogP contribution in [0.4, 0.5) is 26.3 Å². The number of aryl methyl sites for hydroxylation is 1. The topological polar surface area (TPSA) is 83.1 Å². The van der Waals surface area contributed by atoms with Gasteiger partial charge in [-0.3, -0.25) is 0 Å². The van der Waals surface area contributed by atoms with Gasteiger partial charge in [0.15, 0.2) is 0 Å². The molecule has 1 heterocycles. The van der Waals surface area contributed by atoms with Gasteiger partial charge in [-0.15, -0.1) is 0 Å². The van der Waals surface area contributed by atoms with Crippen LogP contribution in [0, 0.1) is 25.2 Å². The molecular formula is C27H24F6N2O3S. The first-order valence-corrected chi connectivity index (χ1v) is 13.0. The number of rotatable bonds is 6. The highest BCUT2D eigenvalue weighted by atomic mass is 32.2. The van der Waals surface area contributed by atoms with Crippen molar-refractivity contribution < 1.29 is 39.9 Å². The highest BCUT2D eigenvalue weighted by Gasteiger charge is 2.72. The van der Waals surface area contributed by atoms with Crippen LogP contribution in [-0.4, -0.2) is 30.4 Å². The van der Waals surface area contributed by atoms with Crippen molar-refractivity contribution in [1.82, 2.24) is 4.57 Å². The predicted molar refractivity (Wildman–Crippen MR) is 133 cm³/mol. The fourth-order valence-corrected chi connectivity index (χ4v) is 5.35. The van der Waals surface area contributed by atoms with Crippen molar-refractivity contribution >= 4 is 15.9 Å². The largest absolute Gasteiger partial charge is 0.430 e. The van der Waals surface area contributed by atoms with E-state index in [9.17, 15) is 45.1 Å². The number of aromatic nitrogens is 1. The Hall–Kier alpha value is -3.56. The summed E-state index contributed by atoms with van der Waals surface area (Å²) in [7, 11) is -4.28. The van der Waals surface area contributed by atoms with Crippen LogP contribution >= 0.6 is 0 Å². The lowest BCUT2D eigenvalue weighted by molar-refractivity contribution is -0.376. The zero-order valence-electron chi connectivity index (χ0n) is 21.2. The molecule has 0 saturated heterocycles. The number of aliphatic hydroxyl groups is 1. The molecule has 3 rings (SSSR count). The monoisotopic (exact) mass is 570 g/mol. The molecule has 1 aromatic heterocycles. The minimum Gasteiger partial charge on any atom is -0.369 e. The van der Waals surface area contributed by atoms with Gasteiger partial charge in [0.2, 0.25) is 9.84 Å². The molecule has 2 aromatic carbocycles. The number of alkyl halides is 6. The summed E-state index contributed by atoms with van der Waals surface area (Å²) >= 11 is 0. The Morgan fingerprint density at radius 3 is 2.03 bits per heavy atom. The lowest BCUT2D eigenvalue weighted by atomic mass is 9.89. The summed E-state index contributed by atoms with van der Waals surface area (Å²) in [6.07, 6.45) is -11.2. The van der Waals surface area contributed by atoms with E-state index in [1.54, 1.807) is 26.0 Å². The van der Waals surface area contributed by atoms with Gasteiger partial charge in [0, 0.05) is 17.0 Å². The van der Waals surface area contributed by atoms with Gasteiger partial charge in [-0.05, 0) is 55.7 Å². The Balaban J connectivity index is 2.38. The molecule has 0 unspecified atom stereocenters.